The van der Waals surface area contributed by atoms with E-state index in [1.807, 2.05) is 0 Å². The summed E-state index contributed by atoms with van der Waals surface area (Å²) in [7, 11) is -3.95. The highest BCUT2D eigenvalue weighted by Crippen LogP contribution is 2.16. The molecule has 0 bridgehead atoms. The number of amides is 1. The minimum atomic E-state index is -3.95. The number of rotatable bonds is 3. The number of carbonyl (C=O) groups excluding carboxylic acids is 1. The van der Waals surface area contributed by atoms with Crippen LogP contribution in [0.25, 0.3) is 0 Å². The van der Waals surface area contributed by atoms with Gasteiger partial charge in [-0.05, 0) is 13.0 Å². The van der Waals surface area contributed by atoms with Crippen molar-refractivity contribution in [1.29, 1.82) is 0 Å². The van der Waals surface area contributed by atoms with Crippen LogP contribution in [0.2, 0.25) is 12.6 Å². The molecular formula is C7H13F2NOSi. The number of halogens is 2. The van der Waals surface area contributed by atoms with Crippen LogP contribution in [0.5, 0.6) is 0 Å². The molecule has 1 rings (SSSR count). The maximum absolute atomic E-state index is 12.5. The van der Waals surface area contributed by atoms with E-state index in [-0.39, 0.29) is 18.5 Å². The predicted octanol–water partition coefficient (Wildman–Crippen LogP) is 1.62. The summed E-state index contributed by atoms with van der Waals surface area (Å²) in [5.74, 6) is 0.0354. The van der Waals surface area contributed by atoms with Gasteiger partial charge in [-0.2, -0.15) is 0 Å². The van der Waals surface area contributed by atoms with Gasteiger partial charge in [0.15, 0.2) is 0 Å². The Balaban J connectivity index is 2.27. The van der Waals surface area contributed by atoms with Crippen LogP contribution in [0.4, 0.5) is 8.22 Å². The summed E-state index contributed by atoms with van der Waals surface area (Å²) < 4.78 is 25.0. The highest BCUT2D eigenvalue weighted by atomic mass is 28.4. The molecule has 0 aromatic carbocycles. The fourth-order valence-corrected chi connectivity index (χ4v) is 1.93. The zero-order chi connectivity index (χ0) is 9.19. The van der Waals surface area contributed by atoms with E-state index in [2.05, 4.69) is 0 Å². The average Bonchev–Trinajstić information content (AvgIpc) is 2.29. The van der Waals surface area contributed by atoms with Gasteiger partial charge in [-0.25, -0.2) is 0 Å². The van der Waals surface area contributed by atoms with Crippen LogP contribution in [-0.4, -0.2) is 32.6 Å². The normalized spacial score (nSPS) is 18.9. The lowest BCUT2D eigenvalue weighted by Gasteiger charge is -2.16. The molecule has 0 aliphatic carbocycles. The Bertz CT molecular complexity index is 181. The maximum Gasteiger partial charge on any atom is 0.423 e. The van der Waals surface area contributed by atoms with Crippen molar-refractivity contribution in [3.63, 3.8) is 0 Å². The molecule has 1 heterocycles. The van der Waals surface area contributed by atoms with E-state index in [4.69, 9.17) is 0 Å². The zero-order valence-corrected chi connectivity index (χ0v) is 8.15. The molecule has 0 N–H and O–H groups in total. The van der Waals surface area contributed by atoms with Crippen molar-refractivity contribution in [2.24, 2.45) is 0 Å². The molecular weight excluding hydrogens is 180 g/mol. The van der Waals surface area contributed by atoms with Crippen LogP contribution < -0.4 is 0 Å². The quantitative estimate of drug-likeness (QED) is 0.492. The molecule has 2 nitrogen and oxygen atoms in total. The van der Waals surface area contributed by atoms with Crippen molar-refractivity contribution in [3.8, 4) is 0 Å². The van der Waals surface area contributed by atoms with E-state index in [1.54, 1.807) is 4.90 Å². The Labute approximate surface area is 71.9 Å². The highest BCUT2D eigenvalue weighted by molar-refractivity contribution is 6.64. The minimum Gasteiger partial charge on any atom is -0.343 e. The van der Waals surface area contributed by atoms with Crippen molar-refractivity contribution in [3.05, 3.63) is 0 Å². The molecule has 1 saturated heterocycles. The van der Waals surface area contributed by atoms with E-state index < -0.39 is 8.74 Å². The third kappa shape index (κ3) is 2.89. The van der Waals surface area contributed by atoms with Crippen molar-refractivity contribution in [2.75, 3.05) is 13.1 Å². The van der Waals surface area contributed by atoms with E-state index in [0.717, 1.165) is 13.0 Å². The Morgan fingerprint density at radius 2 is 2.25 bits per heavy atom. The van der Waals surface area contributed by atoms with Crippen LogP contribution in [0, 0.1) is 0 Å². The molecule has 0 unspecified atom stereocenters. The van der Waals surface area contributed by atoms with Gasteiger partial charge in [-0.1, -0.05) is 0 Å². The summed E-state index contributed by atoms with van der Waals surface area (Å²) in [6.45, 7) is 1.95. The first-order valence-corrected chi connectivity index (χ1v) is 6.61. The molecule has 0 aromatic rings. The predicted molar refractivity (Wildman–Crippen MR) is 44.5 cm³/mol. The number of nitrogens with zero attached hydrogens (tertiary/aromatic N) is 1. The molecule has 1 aliphatic rings. The van der Waals surface area contributed by atoms with Crippen molar-refractivity contribution in [2.45, 2.75) is 25.4 Å². The van der Waals surface area contributed by atoms with Gasteiger partial charge in [-0.3, -0.25) is 13.0 Å². The molecule has 0 radical (unpaired) electrons. The molecule has 0 spiro atoms. The lowest BCUT2D eigenvalue weighted by Crippen LogP contribution is -2.30. The fourth-order valence-electron chi connectivity index (χ4n) is 1.27. The molecule has 0 aromatic heterocycles. The Morgan fingerprint density at radius 3 is 2.67 bits per heavy atom. The molecule has 70 valence electrons. The second-order valence-electron chi connectivity index (χ2n) is 3.30. The summed E-state index contributed by atoms with van der Waals surface area (Å²) in [6.07, 6.45) is 1.37. The molecule has 1 fully saturated rings. The molecule has 1 amide bonds. The Kier molecular flexibility index (Phi) is 2.82. The molecule has 0 saturated carbocycles. The van der Waals surface area contributed by atoms with Crippen molar-refractivity contribution < 1.29 is 13.0 Å². The third-order valence-corrected chi connectivity index (χ3v) is 3.09. The van der Waals surface area contributed by atoms with Gasteiger partial charge < -0.3 is 4.90 Å². The summed E-state index contributed by atoms with van der Waals surface area (Å²) in [5, 5.41) is 0. The average molecular weight is 193 g/mol. The van der Waals surface area contributed by atoms with Crippen LogP contribution in [-0.2, 0) is 4.79 Å². The Morgan fingerprint density at radius 1 is 1.58 bits per heavy atom. The largest absolute Gasteiger partial charge is 0.423 e. The summed E-state index contributed by atoms with van der Waals surface area (Å²) in [5.41, 5.74) is 0. The smallest absolute Gasteiger partial charge is 0.343 e. The van der Waals surface area contributed by atoms with Gasteiger partial charge in [0.25, 0.3) is 0 Å². The van der Waals surface area contributed by atoms with Gasteiger partial charge >= 0.3 is 8.74 Å². The second kappa shape index (κ2) is 3.51. The molecule has 0 atom stereocenters. The lowest BCUT2D eigenvalue weighted by atomic mass is 10.4. The number of hydrogen-bond donors (Lipinski definition) is 0. The number of carbonyl (C=O) groups is 1. The second-order valence-corrected chi connectivity index (χ2v) is 5.94. The monoisotopic (exact) mass is 193 g/mol. The maximum atomic E-state index is 12.5. The molecule has 5 heteroatoms. The standard InChI is InChI=1S/C7H13F2NOSi/c1-12(8,9)6-5-10-4-2-3-7(10)11/h2-6H2,1H3. The van der Waals surface area contributed by atoms with Crippen LogP contribution in [0.3, 0.4) is 0 Å². The van der Waals surface area contributed by atoms with Gasteiger partial charge in [0.05, 0.1) is 0 Å². The number of hydrogen-bond acceptors (Lipinski definition) is 1. The summed E-state index contributed by atoms with van der Waals surface area (Å²) in [4.78, 5) is 12.5. The zero-order valence-electron chi connectivity index (χ0n) is 7.15. The molecule has 1 aliphatic heterocycles. The van der Waals surface area contributed by atoms with E-state index in [1.165, 1.54) is 0 Å². The number of likely N-dealkylation sites (tertiary alicyclic amines) is 1. The third-order valence-electron chi connectivity index (χ3n) is 1.99. The van der Waals surface area contributed by atoms with Gasteiger partial charge in [0.2, 0.25) is 5.91 Å². The van der Waals surface area contributed by atoms with Gasteiger partial charge in [-0.15, -0.1) is 0 Å². The van der Waals surface area contributed by atoms with Crippen molar-refractivity contribution in [1.82, 2.24) is 4.90 Å². The van der Waals surface area contributed by atoms with E-state index >= 15 is 0 Å². The topological polar surface area (TPSA) is 20.3 Å². The first-order chi connectivity index (χ1) is 5.49. The van der Waals surface area contributed by atoms with E-state index in [9.17, 15) is 13.0 Å². The van der Waals surface area contributed by atoms with Crippen molar-refractivity contribution >= 4 is 14.6 Å². The van der Waals surface area contributed by atoms with Gasteiger partial charge in [0, 0.05) is 25.6 Å². The fraction of sp³-hybridized carbons (Fsp3) is 0.857. The minimum absolute atomic E-state index is 0.0354. The summed E-state index contributed by atoms with van der Waals surface area (Å²) in [6, 6.07) is -0.0846. The van der Waals surface area contributed by atoms with Crippen LogP contribution in [0.15, 0.2) is 0 Å². The molecule has 12 heavy (non-hydrogen) atoms. The van der Waals surface area contributed by atoms with Gasteiger partial charge in [0.1, 0.15) is 0 Å². The van der Waals surface area contributed by atoms with Crippen LogP contribution >= 0.6 is 0 Å². The SMILES string of the molecule is C[Si](F)(F)CCN1CCCC1=O. The van der Waals surface area contributed by atoms with E-state index in [0.29, 0.717) is 13.0 Å². The summed E-state index contributed by atoms with van der Waals surface area (Å²) >= 11 is 0. The first-order valence-electron chi connectivity index (χ1n) is 4.15. The highest BCUT2D eigenvalue weighted by Gasteiger charge is 2.30. The lowest BCUT2D eigenvalue weighted by molar-refractivity contribution is -0.127. The van der Waals surface area contributed by atoms with Crippen LogP contribution in [0.1, 0.15) is 12.8 Å². The first kappa shape index (κ1) is 9.63. The Hall–Kier alpha value is -0.453.